The van der Waals surface area contributed by atoms with E-state index in [1.165, 1.54) is 16.7 Å². The number of para-hydroxylation sites is 1. The Morgan fingerprint density at radius 2 is 1.72 bits per heavy atom. The van der Waals surface area contributed by atoms with Crippen molar-refractivity contribution in [3.63, 3.8) is 0 Å². The molecule has 0 heterocycles. The van der Waals surface area contributed by atoms with Gasteiger partial charge >= 0.3 is 0 Å². The minimum absolute atomic E-state index is 0.00243. The Morgan fingerprint density at radius 1 is 1.00 bits per heavy atom. The van der Waals surface area contributed by atoms with Gasteiger partial charge in [-0.05, 0) is 56.4 Å². The van der Waals surface area contributed by atoms with Crippen molar-refractivity contribution in [1.82, 2.24) is 5.32 Å². The van der Waals surface area contributed by atoms with Gasteiger partial charge in [0.1, 0.15) is 5.75 Å². The summed E-state index contributed by atoms with van der Waals surface area (Å²) in [5.41, 5.74) is 4.65. The maximum atomic E-state index is 12.8. The average Bonchev–Trinajstić information content (AvgIpc) is 2.59. The molecule has 25 heavy (non-hydrogen) atoms. The number of aryl methyl sites for hydroxylation is 3. The number of hydrogen-bond acceptors (Lipinski definition) is 2. The van der Waals surface area contributed by atoms with Crippen LogP contribution in [-0.4, -0.2) is 12.0 Å². The Bertz CT molecular complexity index is 724. The summed E-state index contributed by atoms with van der Waals surface area (Å²) in [5, 5.41) is 3.17. The van der Waals surface area contributed by atoms with Crippen molar-refractivity contribution in [3.05, 3.63) is 64.7 Å². The van der Waals surface area contributed by atoms with Gasteiger partial charge in [-0.3, -0.25) is 4.79 Å². The lowest BCUT2D eigenvalue weighted by Crippen LogP contribution is -2.40. The minimum atomic E-state index is -0.485. The lowest BCUT2D eigenvalue weighted by molar-refractivity contribution is -0.129. The number of benzene rings is 2. The van der Waals surface area contributed by atoms with Gasteiger partial charge < -0.3 is 10.1 Å². The zero-order chi connectivity index (χ0) is 18.4. The first kappa shape index (κ1) is 19.0. The number of carbonyl (C=O) groups excluding carboxylic acids is 1. The molecule has 1 amide bonds. The minimum Gasteiger partial charge on any atom is -0.480 e. The number of carbonyl (C=O) groups is 1. The standard InChI is InChI=1S/C22H29NO2/c1-6-19(18-13-12-15(3)14-17(18)5)23-22(24)20(7-2)25-21-11-9-8-10-16(21)4/h8-14,19-20H,6-7H2,1-5H3,(H,23,24)/t19-,20-/m0/s1. The molecule has 3 nitrogen and oxygen atoms in total. The SMILES string of the molecule is CC[C@H](Oc1ccccc1C)C(=O)N[C@@H](CC)c1ccc(C)cc1C. The molecule has 0 aliphatic carbocycles. The third kappa shape index (κ3) is 4.85. The molecule has 0 aromatic heterocycles. The second-order valence-electron chi connectivity index (χ2n) is 6.61. The van der Waals surface area contributed by atoms with Crippen molar-refractivity contribution < 1.29 is 9.53 Å². The Kier molecular flexibility index (Phi) is 6.63. The predicted octanol–water partition coefficient (Wildman–Crippen LogP) is 5.04. The van der Waals surface area contributed by atoms with Gasteiger partial charge in [0.25, 0.3) is 5.91 Å². The van der Waals surface area contributed by atoms with E-state index in [0.29, 0.717) is 6.42 Å². The van der Waals surface area contributed by atoms with E-state index in [9.17, 15) is 4.79 Å². The average molecular weight is 339 g/mol. The smallest absolute Gasteiger partial charge is 0.261 e. The lowest BCUT2D eigenvalue weighted by Gasteiger charge is -2.24. The van der Waals surface area contributed by atoms with Crippen LogP contribution in [0.1, 0.15) is 55.0 Å². The third-order valence-corrected chi connectivity index (χ3v) is 4.55. The van der Waals surface area contributed by atoms with Crippen molar-refractivity contribution in [2.45, 2.75) is 59.6 Å². The van der Waals surface area contributed by atoms with Crippen molar-refractivity contribution in [2.24, 2.45) is 0 Å². The summed E-state index contributed by atoms with van der Waals surface area (Å²) in [6.45, 7) is 10.2. The molecule has 0 spiro atoms. The van der Waals surface area contributed by atoms with E-state index in [4.69, 9.17) is 4.74 Å². The highest BCUT2D eigenvalue weighted by Gasteiger charge is 2.23. The summed E-state index contributed by atoms with van der Waals surface area (Å²) in [4.78, 5) is 12.8. The molecule has 0 unspecified atom stereocenters. The van der Waals surface area contributed by atoms with E-state index in [0.717, 1.165) is 17.7 Å². The molecule has 2 rings (SSSR count). The van der Waals surface area contributed by atoms with E-state index in [2.05, 4.69) is 44.3 Å². The Labute approximate surface area is 151 Å². The lowest BCUT2D eigenvalue weighted by atomic mass is 9.97. The summed E-state index contributed by atoms with van der Waals surface area (Å²) in [6.07, 6.45) is 0.987. The summed E-state index contributed by atoms with van der Waals surface area (Å²) in [7, 11) is 0. The second kappa shape index (κ2) is 8.70. The van der Waals surface area contributed by atoms with E-state index in [-0.39, 0.29) is 11.9 Å². The fourth-order valence-corrected chi connectivity index (χ4v) is 3.05. The molecular formula is C22H29NO2. The highest BCUT2D eigenvalue weighted by Crippen LogP contribution is 2.23. The van der Waals surface area contributed by atoms with E-state index < -0.39 is 6.10 Å². The van der Waals surface area contributed by atoms with Crippen LogP contribution in [0.25, 0.3) is 0 Å². The quantitative estimate of drug-likeness (QED) is 0.768. The molecule has 0 saturated heterocycles. The van der Waals surface area contributed by atoms with Crippen molar-refractivity contribution in [2.75, 3.05) is 0 Å². The van der Waals surface area contributed by atoms with Crippen LogP contribution in [-0.2, 0) is 4.79 Å². The number of nitrogens with one attached hydrogen (secondary N) is 1. The van der Waals surface area contributed by atoms with Crippen LogP contribution in [0.3, 0.4) is 0 Å². The van der Waals surface area contributed by atoms with Crippen LogP contribution in [0.15, 0.2) is 42.5 Å². The fourth-order valence-electron chi connectivity index (χ4n) is 3.05. The second-order valence-corrected chi connectivity index (χ2v) is 6.61. The van der Waals surface area contributed by atoms with E-state index >= 15 is 0 Å². The summed E-state index contributed by atoms with van der Waals surface area (Å²) in [5.74, 6) is 0.710. The number of ether oxygens (including phenoxy) is 1. The molecule has 3 heteroatoms. The molecule has 0 radical (unpaired) electrons. The van der Waals surface area contributed by atoms with E-state index in [1.54, 1.807) is 0 Å². The van der Waals surface area contributed by atoms with Crippen LogP contribution in [0.2, 0.25) is 0 Å². The predicted molar refractivity (Wildman–Crippen MR) is 103 cm³/mol. The first-order chi connectivity index (χ1) is 12.0. The summed E-state index contributed by atoms with van der Waals surface area (Å²) < 4.78 is 5.97. The normalized spacial score (nSPS) is 13.2. The zero-order valence-electron chi connectivity index (χ0n) is 15.9. The van der Waals surface area contributed by atoms with E-state index in [1.807, 2.05) is 38.1 Å². The highest BCUT2D eigenvalue weighted by atomic mass is 16.5. The topological polar surface area (TPSA) is 38.3 Å². The van der Waals surface area contributed by atoms with Crippen molar-refractivity contribution in [1.29, 1.82) is 0 Å². The third-order valence-electron chi connectivity index (χ3n) is 4.55. The molecule has 0 aliphatic rings. The van der Waals surface area contributed by atoms with Crippen molar-refractivity contribution in [3.8, 4) is 5.75 Å². The van der Waals surface area contributed by atoms with Gasteiger partial charge in [0.15, 0.2) is 6.10 Å². The molecule has 0 bridgehead atoms. The number of amides is 1. The molecule has 1 N–H and O–H groups in total. The summed E-state index contributed by atoms with van der Waals surface area (Å²) in [6, 6.07) is 14.2. The fraction of sp³-hybridized carbons (Fsp3) is 0.409. The molecule has 134 valence electrons. The maximum Gasteiger partial charge on any atom is 0.261 e. The van der Waals surface area contributed by atoms with Gasteiger partial charge in [-0.2, -0.15) is 0 Å². The van der Waals surface area contributed by atoms with Gasteiger partial charge in [-0.1, -0.05) is 55.8 Å². The maximum absolute atomic E-state index is 12.8. The first-order valence-electron chi connectivity index (χ1n) is 9.06. The summed E-state index contributed by atoms with van der Waals surface area (Å²) >= 11 is 0. The van der Waals surface area contributed by atoms with Gasteiger partial charge in [0.05, 0.1) is 6.04 Å². The largest absolute Gasteiger partial charge is 0.480 e. The van der Waals surface area contributed by atoms with Gasteiger partial charge in [-0.15, -0.1) is 0 Å². The molecular weight excluding hydrogens is 310 g/mol. The van der Waals surface area contributed by atoms with Crippen LogP contribution in [0.4, 0.5) is 0 Å². The van der Waals surface area contributed by atoms with Crippen LogP contribution >= 0.6 is 0 Å². The Balaban J connectivity index is 2.12. The molecule has 0 aliphatic heterocycles. The molecule has 2 aromatic rings. The Morgan fingerprint density at radius 3 is 2.32 bits per heavy atom. The number of rotatable bonds is 7. The van der Waals surface area contributed by atoms with Crippen molar-refractivity contribution >= 4 is 5.91 Å². The molecule has 0 saturated carbocycles. The number of hydrogen-bond donors (Lipinski definition) is 1. The monoisotopic (exact) mass is 339 g/mol. The highest BCUT2D eigenvalue weighted by molar-refractivity contribution is 5.81. The van der Waals surface area contributed by atoms with Gasteiger partial charge in [-0.25, -0.2) is 0 Å². The molecule has 2 aromatic carbocycles. The van der Waals surface area contributed by atoms with Crippen LogP contribution < -0.4 is 10.1 Å². The van der Waals surface area contributed by atoms with Gasteiger partial charge in [0.2, 0.25) is 0 Å². The van der Waals surface area contributed by atoms with Gasteiger partial charge in [0, 0.05) is 0 Å². The Hall–Kier alpha value is -2.29. The zero-order valence-corrected chi connectivity index (χ0v) is 15.9. The van der Waals surface area contributed by atoms with Crippen LogP contribution in [0.5, 0.6) is 5.75 Å². The first-order valence-corrected chi connectivity index (χ1v) is 9.06. The molecule has 0 fully saturated rings. The molecule has 2 atom stereocenters. The van der Waals surface area contributed by atoms with Crippen LogP contribution in [0, 0.1) is 20.8 Å².